The van der Waals surface area contributed by atoms with E-state index in [1.54, 1.807) is 6.92 Å². The highest BCUT2D eigenvalue weighted by atomic mass is 16.6. The van der Waals surface area contributed by atoms with Crippen LogP contribution in [0.15, 0.2) is 110 Å². The van der Waals surface area contributed by atoms with Crippen molar-refractivity contribution in [3.8, 4) is 16.9 Å². The van der Waals surface area contributed by atoms with E-state index in [0.29, 0.717) is 5.75 Å². The molecule has 0 fully saturated rings. The Balaban J connectivity index is 1.56. The van der Waals surface area contributed by atoms with Crippen molar-refractivity contribution in [1.82, 2.24) is 0 Å². The zero-order chi connectivity index (χ0) is 31.8. The lowest BCUT2D eigenvalue weighted by Gasteiger charge is -2.28. The molecule has 0 bridgehead atoms. The van der Waals surface area contributed by atoms with E-state index in [4.69, 9.17) is 14.2 Å². The Morgan fingerprint density at radius 3 is 1.91 bits per heavy atom. The van der Waals surface area contributed by atoms with Crippen LogP contribution in [0, 0.1) is 27.7 Å². The molecular formula is C38H39NO5. The summed E-state index contributed by atoms with van der Waals surface area (Å²) in [5.74, 6) is -0.551. The van der Waals surface area contributed by atoms with Gasteiger partial charge in [0.15, 0.2) is 6.10 Å². The van der Waals surface area contributed by atoms with Crippen LogP contribution in [0.4, 0.5) is 17.1 Å². The number of carbonyl (C=O) groups excluding carboxylic acids is 2. The molecule has 4 aromatic rings. The average Bonchev–Trinajstić information content (AvgIpc) is 2.99. The molecule has 0 saturated heterocycles. The second-order valence-corrected chi connectivity index (χ2v) is 10.9. The number of esters is 2. The molecule has 0 spiro atoms. The number of benzene rings is 4. The van der Waals surface area contributed by atoms with Crippen molar-refractivity contribution in [2.45, 2.75) is 40.7 Å². The van der Waals surface area contributed by atoms with Gasteiger partial charge in [0.1, 0.15) is 19.0 Å². The first kappa shape index (κ1) is 31.8. The summed E-state index contributed by atoms with van der Waals surface area (Å²) < 4.78 is 16.5. The van der Waals surface area contributed by atoms with Crippen LogP contribution in [0.1, 0.15) is 29.2 Å². The summed E-state index contributed by atoms with van der Waals surface area (Å²) in [6.45, 7) is 16.7. The number of rotatable bonds is 12. The molecule has 0 heterocycles. The van der Waals surface area contributed by atoms with Gasteiger partial charge in [0.2, 0.25) is 0 Å². The summed E-state index contributed by atoms with van der Waals surface area (Å²) >= 11 is 0. The largest absolute Gasteiger partial charge is 0.489 e. The van der Waals surface area contributed by atoms with E-state index in [0.717, 1.165) is 45.4 Å². The average molecular weight is 590 g/mol. The van der Waals surface area contributed by atoms with Crippen LogP contribution >= 0.6 is 0 Å². The summed E-state index contributed by atoms with van der Waals surface area (Å²) in [6.07, 6.45) is 0.254. The predicted octanol–water partition coefficient (Wildman–Crippen LogP) is 8.65. The third-order valence-corrected chi connectivity index (χ3v) is 7.09. The lowest BCUT2D eigenvalue weighted by molar-refractivity contribution is -0.154. The number of hydrogen-bond acceptors (Lipinski definition) is 6. The van der Waals surface area contributed by atoms with Crippen LogP contribution in [-0.4, -0.2) is 31.3 Å². The normalized spacial score (nSPS) is 11.3. The molecule has 0 saturated carbocycles. The Kier molecular flexibility index (Phi) is 10.4. The SMILES string of the molecule is C=CC(=O)OC(COC(=O)C(=C)C)COc1ccc(-c2ccc(N(c3cccc(C)c3)c3cccc(C)c3)c(C)c2)cc1C. The lowest BCUT2D eigenvalue weighted by atomic mass is 9.99. The fourth-order valence-electron chi connectivity index (χ4n) is 4.84. The van der Waals surface area contributed by atoms with Gasteiger partial charge in [-0.25, -0.2) is 9.59 Å². The second kappa shape index (κ2) is 14.4. The Bertz CT molecular complexity index is 1640. The number of anilines is 3. The van der Waals surface area contributed by atoms with Gasteiger partial charge < -0.3 is 19.1 Å². The molecule has 1 atom stereocenters. The molecule has 0 radical (unpaired) electrons. The first-order chi connectivity index (χ1) is 21.0. The van der Waals surface area contributed by atoms with Gasteiger partial charge in [-0.1, -0.05) is 49.6 Å². The fraction of sp³-hybridized carbons (Fsp3) is 0.211. The molecule has 0 N–H and O–H groups in total. The maximum absolute atomic E-state index is 11.8. The highest BCUT2D eigenvalue weighted by Gasteiger charge is 2.19. The number of hydrogen-bond donors (Lipinski definition) is 0. The van der Waals surface area contributed by atoms with Gasteiger partial charge in [-0.3, -0.25) is 0 Å². The van der Waals surface area contributed by atoms with Crippen LogP contribution in [0.25, 0.3) is 11.1 Å². The van der Waals surface area contributed by atoms with Gasteiger partial charge in [-0.2, -0.15) is 0 Å². The van der Waals surface area contributed by atoms with Crippen molar-refractivity contribution in [3.05, 3.63) is 132 Å². The van der Waals surface area contributed by atoms with E-state index < -0.39 is 18.0 Å². The van der Waals surface area contributed by atoms with Gasteiger partial charge >= 0.3 is 11.9 Å². The Labute approximate surface area is 260 Å². The van der Waals surface area contributed by atoms with E-state index in [9.17, 15) is 9.59 Å². The third-order valence-electron chi connectivity index (χ3n) is 7.09. The number of nitrogens with zero attached hydrogens (tertiary/aromatic N) is 1. The van der Waals surface area contributed by atoms with Crippen molar-refractivity contribution in [2.24, 2.45) is 0 Å². The molecule has 226 valence electrons. The highest BCUT2D eigenvalue weighted by molar-refractivity contribution is 5.87. The molecule has 0 aliphatic rings. The molecule has 0 aromatic heterocycles. The molecule has 4 rings (SSSR count). The van der Waals surface area contributed by atoms with Crippen LogP contribution < -0.4 is 9.64 Å². The molecule has 4 aromatic carbocycles. The predicted molar refractivity (Wildman–Crippen MR) is 177 cm³/mol. The van der Waals surface area contributed by atoms with E-state index in [1.165, 1.54) is 11.1 Å². The third kappa shape index (κ3) is 8.04. The molecule has 0 aliphatic heterocycles. The van der Waals surface area contributed by atoms with Crippen LogP contribution in [0.3, 0.4) is 0 Å². The quantitative estimate of drug-likeness (QED) is 0.122. The van der Waals surface area contributed by atoms with Gasteiger partial charge in [-0.15, -0.1) is 0 Å². The number of carbonyl (C=O) groups is 2. The molecule has 0 amide bonds. The second-order valence-electron chi connectivity index (χ2n) is 10.9. The zero-order valence-electron chi connectivity index (χ0n) is 26.1. The molecule has 6 nitrogen and oxygen atoms in total. The molecule has 1 unspecified atom stereocenters. The Morgan fingerprint density at radius 2 is 1.39 bits per heavy atom. The summed E-state index contributed by atoms with van der Waals surface area (Å²) in [4.78, 5) is 25.9. The number of ether oxygens (including phenoxy) is 3. The fourth-order valence-corrected chi connectivity index (χ4v) is 4.84. The maximum atomic E-state index is 11.8. The lowest BCUT2D eigenvalue weighted by Crippen LogP contribution is -2.30. The summed E-state index contributed by atoms with van der Waals surface area (Å²) in [5, 5.41) is 0. The van der Waals surface area contributed by atoms with Crippen molar-refractivity contribution < 1.29 is 23.8 Å². The molecular weight excluding hydrogens is 550 g/mol. The maximum Gasteiger partial charge on any atom is 0.333 e. The number of aryl methyl sites for hydroxylation is 4. The minimum Gasteiger partial charge on any atom is -0.489 e. The summed E-state index contributed by atoms with van der Waals surface area (Å²) in [6, 6.07) is 29.5. The van der Waals surface area contributed by atoms with E-state index in [2.05, 4.69) is 112 Å². The first-order valence-electron chi connectivity index (χ1n) is 14.5. The molecule has 44 heavy (non-hydrogen) atoms. The van der Waals surface area contributed by atoms with E-state index in [1.807, 2.05) is 19.1 Å². The van der Waals surface area contributed by atoms with Crippen LogP contribution in [0.5, 0.6) is 5.75 Å². The van der Waals surface area contributed by atoms with Crippen LogP contribution in [0.2, 0.25) is 0 Å². The smallest absolute Gasteiger partial charge is 0.333 e. The van der Waals surface area contributed by atoms with Gasteiger partial charge in [-0.05, 0) is 117 Å². The highest BCUT2D eigenvalue weighted by Crippen LogP contribution is 2.39. The first-order valence-corrected chi connectivity index (χ1v) is 14.5. The summed E-state index contributed by atoms with van der Waals surface area (Å²) in [7, 11) is 0. The van der Waals surface area contributed by atoms with Crippen molar-refractivity contribution in [3.63, 3.8) is 0 Å². The molecule has 6 heteroatoms. The van der Waals surface area contributed by atoms with Gasteiger partial charge in [0, 0.05) is 28.7 Å². The van der Waals surface area contributed by atoms with Gasteiger partial charge in [0.25, 0.3) is 0 Å². The van der Waals surface area contributed by atoms with E-state index in [-0.39, 0.29) is 18.8 Å². The Hall–Kier alpha value is -5.10. The van der Waals surface area contributed by atoms with Crippen LogP contribution in [-0.2, 0) is 19.1 Å². The standard InChI is InChI=1S/C38H39NO5/c1-8-37(40)44-34(24-43-38(41)25(2)3)23-42-36-18-16-31(22-29(36)7)30-15-17-35(28(6)21-30)39(32-13-9-11-26(4)19-32)33-14-10-12-27(5)20-33/h8-22,34H,1-2,23-24H2,3-7H3. The van der Waals surface area contributed by atoms with Crippen molar-refractivity contribution in [2.75, 3.05) is 18.1 Å². The van der Waals surface area contributed by atoms with Gasteiger partial charge in [0.05, 0.1) is 0 Å². The summed E-state index contributed by atoms with van der Waals surface area (Å²) in [5.41, 5.74) is 10.2. The van der Waals surface area contributed by atoms with E-state index >= 15 is 0 Å². The topological polar surface area (TPSA) is 65.1 Å². The molecule has 0 aliphatic carbocycles. The minimum atomic E-state index is -0.803. The van der Waals surface area contributed by atoms with Crippen molar-refractivity contribution >= 4 is 29.0 Å². The zero-order valence-corrected chi connectivity index (χ0v) is 26.1. The monoisotopic (exact) mass is 589 g/mol. The van der Waals surface area contributed by atoms with Crippen molar-refractivity contribution in [1.29, 1.82) is 0 Å². The minimum absolute atomic E-state index is 0.00476. The Morgan fingerprint density at radius 1 is 0.795 bits per heavy atom.